The molecule has 0 saturated heterocycles. The van der Waals surface area contributed by atoms with Crippen LogP contribution in [0.25, 0.3) is 0 Å². The van der Waals surface area contributed by atoms with Crippen LogP contribution in [0.5, 0.6) is 0 Å². The van der Waals surface area contributed by atoms with Crippen molar-refractivity contribution in [1.82, 2.24) is 10.2 Å². The molecule has 1 fully saturated rings. The Morgan fingerprint density at radius 1 is 1.20 bits per heavy atom. The largest absolute Gasteiger partial charge is 0.401 e. The first-order chi connectivity index (χ1) is 6.92. The van der Waals surface area contributed by atoms with E-state index < -0.39 is 12.7 Å². The van der Waals surface area contributed by atoms with Crippen molar-refractivity contribution in [2.75, 3.05) is 20.6 Å². The number of nitrogens with one attached hydrogen (secondary N) is 1. The Morgan fingerprint density at radius 2 is 1.73 bits per heavy atom. The van der Waals surface area contributed by atoms with Gasteiger partial charge in [-0.1, -0.05) is 0 Å². The minimum absolute atomic E-state index is 0.0937. The molecule has 1 N–H and O–H groups in total. The highest BCUT2D eigenvalue weighted by Gasteiger charge is 2.33. The maximum absolute atomic E-state index is 12.1. The zero-order chi connectivity index (χ0) is 11.5. The predicted molar refractivity (Wildman–Crippen MR) is 53.8 cm³/mol. The first-order valence-corrected chi connectivity index (χ1v) is 5.36. The lowest BCUT2D eigenvalue weighted by molar-refractivity contribution is -0.148. The first kappa shape index (κ1) is 12.8. The summed E-state index contributed by atoms with van der Waals surface area (Å²) in [5.41, 5.74) is 0. The van der Waals surface area contributed by atoms with Gasteiger partial charge >= 0.3 is 6.18 Å². The Labute approximate surface area is 88.8 Å². The van der Waals surface area contributed by atoms with Crippen LogP contribution in [0.4, 0.5) is 13.2 Å². The van der Waals surface area contributed by atoms with Crippen LogP contribution in [0.2, 0.25) is 0 Å². The number of hydrogen-bond donors (Lipinski definition) is 1. The summed E-state index contributed by atoms with van der Waals surface area (Å²) in [6.07, 6.45) is -0.405. The van der Waals surface area contributed by atoms with E-state index in [2.05, 4.69) is 5.32 Å². The standard InChI is InChI=1S/C10H19F3N2/c1-14-8-3-5-9(6-4-8)15(2)7-10(11,12)13/h8-9,14H,3-7H2,1-2H3. The van der Waals surface area contributed by atoms with Gasteiger partial charge < -0.3 is 5.32 Å². The Balaban J connectivity index is 2.33. The summed E-state index contributed by atoms with van der Waals surface area (Å²) in [7, 11) is 3.47. The Hall–Kier alpha value is -0.290. The highest BCUT2D eigenvalue weighted by molar-refractivity contribution is 4.81. The average molecular weight is 224 g/mol. The molecule has 0 amide bonds. The monoisotopic (exact) mass is 224 g/mol. The molecule has 1 aliphatic rings. The van der Waals surface area contributed by atoms with E-state index in [1.165, 1.54) is 4.90 Å². The lowest BCUT2D eigenvalue weighted by Gasteiger charge is -2.34. The number of rotatable bonds is 3. The molecule has 0 unspecified atom stereocenters. The van der Waals surface area contributed by atoms with E-state index in [1.54, 1.807) is 7.05 Å². The lowest BCUT2D eigenvalue weighted by Crippen LogP contribution is -2.43. The molecule has 0 heterocycles. The van der Waals surface area contributed by atoms with Gasteiger partial charge in [-0.3, -0.25) is 4.90 Å². The van der Waals surface area contributed by atoms with E-state index in [0.717, 1.165) is 25.7 Å². The van der Waals surface area contributed by atoms with Crippen LogP contribution in [0.1, 0.15) is 25.7 Å². The van der Waals surface area contributed by atoms with Crippen molar-refractivity contribution in [3.63, 3.8) is 0 Å². The number of halogens is 3. The molecule has 2 nitrogen and oxygen atoms in total. The van der Waals surface area contributed by atoms with Crippen LogP contribution < -0.4 is 5.32 Å². The third-order valence-electron chi connectivity index (χ3n) is 3.16. The molecule has 1 aliphatic carbocycles. The summed E-state index contributed by atoms with van der Waals surface area (Å²) < 4.78 is 36.4. The topological polar surface area (TPSA) is 15.3 Å². The van der Waals surface area contributed by atoms with Gasteiger partial charge in [0.1, 0.15) is 0 Å². The Bertz CT molecular complexity index is 186. The quantitative estimate of drug-likeness (QED) is 0.789. The van der Waals surface area contributed by atoms with Crippen molar-refractivity contribution in [2.24, 2.45) is 0 Å². The summed E-state index contributed by atoms with van der Waals surface area (Å²) in [6.45, 7) is -0.790. The van der Waals surface area contributed by atoms with Gasteiger partial charge in [-0.05, 0) is 39.8 Å². The van der Waals surface area contributed by atoms with Gasteiger partial charge in [0, 0.05) is 12.1 Å². The van der Waals surface area contributed by atoms with Gasteiger partial charge in [0.25, 0.3) is 0 Å². The molecule has 0 aromatic carbocycles. The third-order valence-corrected chi connectivity index (χ3v) is 3.16. The fraction of sp³-hybridized carbons (Fsp3) is 1.00. The van der Waals surface area contributed by atoms with Crippen LogP contribution in [-0.2, 0) is 0 Å². The molecule has 1 rings (SSSR count). The molecule has 0 radical (unpaired) electrons. The summed E-state index contributed by atoms with van der Waals surface area (Å²) in [4.78, 5) is 1.44. The second-order valence-electron chi connectivity index (χ2n) is 4.32. The molecule has 0 spiro atoms. The minimum atomic E-state index is -4.07. The zero-order valence-electron chi connectivity index (χ0n) is 9.27. The summed E-state index contributed by atoms with van der Waals surface area (Å²) in [5, 5.41) is 3.17. The fourth-order valence-corrected chi connectivity index (χ4v) is 2.22. The third kappa shape index (κ3) is 4.38. The highest BCUT2D eigenvalue weighted by atomic mass is 19.4. The van der Waals surface area contributed by atoms with Crippen LogP contribution in [0.3, 0.4) is 0 Å². The molecular formula is C10H19F3N2. The molecule has 0 bridgehead atoms. The van der Waals surface area contributed by atoms with E-state index >= 15 is 0 Å². The van der Waals surface area contributed by atoms with Gasteiger partial charge in [-0.2, -0.15) is 13.2 Å². The SMILES string of the molecule is CNC1CCC(N(C)CC(F)(F)F)CC1. The van der Waals surface area contributed by atoms with Crippen molar-refractivity contribution in [2.45, 2.75) is 43.9 Å². The lowest BCUT2D eigenvalue weighted by atomic mass is 9.90. The van der Waals surface area contributed by atoms with Crippen LogP contribution >= 0.6 is 0 Å². The maximum Gasteiger partial charge on any atom is 0.401 e. The molecule has 5 heteroatoms. The summed E-state index contributed by atoms with van der Waals surface area (Å²) in [6, 6.07) is 0.580. The van der Waals surface area contributed by atoms with Crippen molar-refractivity contribution in [3.05, 3.63) is 0 Å². The zero-order valence-corrected chi connectivity index (χ0v) is 9.27. The first-order valence-electron chi connectivity index (χ1n) is 5.36. The average Bonchev–Trinajstić information content (AvgIpc) is 2.15. The number of hydrogen-bond acceptors (Lipinski definition) is 2. The highest BCUT2D eigenvalue weighted by Crippen LogP contribution is 2.25. The van der Waals surface area contributed by atoms with Gasteiger partial charge in [0.05, 0.1) is 6.54 Å². The molecular weight excluding hydrogens is 205 g/mol. The van der Waals surface area contributed by atoms with Crippen LogP contribution in [0, 0.1) is 0 Å². The van der Waals surface area contributed by atoms with Gasteiger partial charge in [0.2, 0.25) is 0 Å². The van der Waals surface area contributed by atoms with E-state index in [0.29, 0.717) is 6.04 Å². The van der Waals surface area contributed by atoms with Gasteiger partial charge in [-0.25, -0.2) is 0 Å². The van der Waals surface area contributed by atoms with Crippen molar-refractivity contribution >= 4 is 0 Å². The Morgan fingerprint density at radius 3 is 2.13 bits per heavy atom. The second-order valence-corrected chi connectivity index (χ2v) is 4.32. The molecule has 0 aliphatic heterocycles. The van der Waals surface area contributed by atoms with E-state index in [-0.39, 0.29) is 6.04 Å². The molecule has 90 valence electrons. The van der Waals surface area contributed by atoms with E-state index in [4.69, 9.17) is 0 Å². The van der Waals surface area contributed by atoms with Crippen LogP contribution in [0.15, 0.2) is 0 Å². The van der Waals surface area contributed by atoms with Crippen molar-refractivity contribution in [3.8, 4) is 0 Å². The number of nitrogens with zero attached hydrogens (tertiary/aromatic N) is 1. The summed E-state index contributed by atoms with van der Waals surface area (Å²) >= 11 is 0. The predicted octanol–water partition coefficient (Wildman–Crippen LogP) is 2.01. The van der Waals surface area contributed by atoms with Gasteiger partial charge in [0.15, 0.2) is 0 Å². The van der Waals surface area contributed by atoms with Gasteiger partial charge in [-0.15, -0.1) is 0 Å². The van der Waals surface area contributed by atoms with Crippen molar-refractivity contribution in [1.29, 1.82) is 0 Å². The smallest absolute Gasteiger partial charge is 0.317 e. The van der Waals surface area contributed by atoms with E-state index in [9.17, 15) is 13.2 Å². The normalized spacial score (nSPS) is 28.4. The van der Waals surface area contributed by atoms with E-state index in [1.807, 2.05) is 7.05 Å². The summed E-state index contributed by atoms with van der Waals surface area (Å²) in [5.74, 6) is 0. The molecule has 0 atom stereocenters. The number of alkyl halides is 3. The Kier molecular flexibility index (Phi) is 4.40. The molecule has 0 aromatic rings. The maximum atomic E-state index is 12.1. The van der Waals surface area contributed by atoms with Crippen LogP contribution in [-0.4, -0.2) is 43.8 Å². The fourth-order valence-electron chi connectivity index (χ4n) is 2.22. The minimum Gasteiger partial charge on any atom is -0.317 e. The van der Waals surface area contributed by atoms with Crippen molar-refractivity contribution < 1.29 is 13.2 Å². The molecule has 15 heavy (non-hydrogen) atoms. The molecule has 1 saturated carbocycles. The molecule has 0 aromatic heterocycles. The second kappa shape index (κ2) is 5.16.